The van der Waals surface area contributed by atoms with E-state index in [2.05, 4.69) is 24.6 Å². The number of piperidine rings is 1. The van der Waals surface area contributed by atoms with E-state index in [0.717, 1.165) is 42.3 Å². The standard InChI is InChI=1S/C30H27ClF2N8O3.C2HF3O2/c31-20-3-1-19(22(32)12-20)15-44-29-35-14-23(33)27(38-29)39-7-5-30(6-8-39)13-21(30)26-37-24-4-2-18(28(42)43)11-25(24)41(26)10-9-40-17-34-16-36-40;3-2(4,5)1(6)7/h1-4,11-12,14,16-17,21H,5-10,13,15H2,(H,42,43);(H,6,7). The van der Waals surface area contributed by atoms with Gasteiger partial charge in [0.2, 0.25) is 0 Å². The van der Waals surface area contributed by atoms with Crippen LogP contribution in [0.4, 0.5) is 27.8 Å². The summed E-state index contributed by atoms with van der Waals surface area (Å²) >= 11 is 5.82. The fourth-order valence-corrected chi connectivity index (χ4v) is 6.33. The number of carbonyl (C=O) groups is 2. The summed E-state index contributed by atoms with van der Waals surface area (Å²) in [6, 6.07) is 9.25. The van der Waals surface area contributed by atoms with Crippen LogP contribution in [-0.2, 0) is 24.5 Å². The van der Waals surface area contributed by atoms with E-state index < -0.39 is 29.7 Å². The summed E-state index contributed by atoms with van der Waals surface area (Å²) in [5, 5.41) is 21.2. The van der Waals surface area contributed by atoms with Crippen molar-refractivity contribution in [3.63, 3.8) is 0 Å². The number of rotatable bonds is 9. The molecule has 1 atom stereocenters. The predicted octanol–water partition coefficient (Wildman–Crippen LogP) is 5.73. The van der Waals surface area contributed by atoms with Crippen LogP contribution >= 0.6 is 11.6 Å². The smallest absolute Gasteiger partial charge is 0.478 e. The topological polar surface area (TPSA) is 161 Å². The first-order valence-corrected chi connectivity index (χ1v) is 15.8. The van der Waals surface area contributed by atoms with Crippen molar-refractivity contribution in [1.82, 2.24) is 34.3 Å². The first kappa shape index (κ1) is 35.4. The van der Waals surface area contributed by atoms with Gasteiger partial charge in [-0.1, -0.05) is 17.7 Å². The van der Waals surface area contributed by atoms with Crippen LogP contribution in [0.25, 0.3) is 11.0 Å². The van der Waals surface area contributed by atoms with E-state index in [4.69, 9.17) is 31.2 Å². The SMILES string of the molecule is O=C(O)C(F)(F)F.O=C(O)c1ccc2nc(C3CC34CCN(c3nc(OCc5ccc(Cl)cc5F)ncc3F)CC4)n(CCn3cncn3)c2c1. The zero-order valence-electron chi connectivity index (χ0n) is 26.4. The summed E-state index contributed by atoms with van der Waals surface area (Å²) in [7, 11) is 0. The number of aromatic nitrogens is 7. The number of aromatic carboxylic acids is 1. The zero-order chi connectivity index (χ0) is 36.5. The van der Waals surface area contributed by atoms with Gasteiger partial charge in [0.15, 0.2) is 11.6 Å². The number of aryl methyl sites for hydroxylation is 2. The van der Waals surface area contributed by atoms with E-state index in [1.165, 1.54) is 18.5 Å². The molecule has 5 aromatic rings. The maximum absolute atomic E-state index is 14.9. The van der Waals surface area contributed by atoms with Crippen LogP contribution in [0, 0.1) is 17.0 Å². The fraction of sp³-hybridized carbons (Fsp3) is 0.344. The molecule has 1 spiro atoms. The molecule has 2 aliphatic rings. The molecule has 0 radical (unpaired) electrons. The number of fused-ring (bicyclic) bond motifs is 1. The molecule has 1 aliphatic heterocycles. The number of halogens is 6. The van der Waals surface area contributed by atoms with Gasteiger partial charge in [0.1, 0.15) is 30.9 Å². The van der Waals surface area contributed by atoms with E-state index in [1.54, 1.807) is 35.3 Å². The lowest BCUT2D eigenvalue weighted by Gasteiger charge is -2.33. The molecule has 2 aromatic carbocycles. The number of nitrogens with zero attached hydrogens (tertiary/aromatic N) is 8. The van der Waals surface area contributed by atoms with Gasteiger partial charge in [-0.25, -0.2) is 33.3 Å². The Labute approximate surface area is 290 Å². The number of hydrogen-bond acceptors (Lipinski definition) is 9. The summed E-state index contributed by atoms with van der Waals surface area (Å²) in [6.07, 6.45) is 1.66. The first-order chi connectivity index (χ1) is 24.2. The van der Waals surface area contributed by atoms with Crippen molar-refractivity contribution >= 4 is 40.4 Å². The molecule has 1 unspecified atom stereocenters. The van der Waals surface area contributed by atoms with Crippen LogP contribution in [0.3, 0.4) is 0 Å². The minimum Gasteiger partial charge on any atom is -0.478 e. The van der Waals surface area contributed by atoms with E-state index in [-0.39, 0.29) is 45.9 Å². The van der Waals surface area contributed by atoms with Crippen molar-refractivity contribution in [1.29, 1.82) is 0 Å². The zero-order valence-corrected chi connectivity index (χ0v) is 27.2. The average Bonchev–Trinajstić information content (AvgIpc) is 3.38. The number of alkyl halides is 3. The summed E-state index contributed by atoms with van der Waals surface area (Å²) in [6.45, 7) is 2.16. The van der Waals surface area contributed by atoms with Crippen LogP contribution in [0.5, 0.6) is 6.01 Å². The molecule has 13 nitrogen and oxygen atoms in total. The third-order valence-electron chi connectivity index (χ3n) is 8.92. The molecular weight excluding hydrogens is 707 g/mol. The molecule has 4 heterocycles. The second-order valence-electron chi connectivity index (χ2n) is 12.0. The second kappa shape index (κ2) is 14.1. The van der Waals surface area contributed by atoms with Gasteiger partial charge in [-0.2, -0.15) is 23.3 Å². The molecule has 0 amide bonds. The molecule has 2 fully saturated rings. The highest BCUT2D eigenvalue weighted by Gasteiger charge is 2.57. The van der Waals surface area contributed by atoms with Crippen molar-refractivity contribution in [2.75, 3.05) is 18.0 Å². The van der Waals surface area contributed by atoms with E-state index in [1.807, 2.05) is 4.90 Å². The number of benzene rings is 2. The maximum atomic E-state index is 14.9. The van der Waals surface area contributed by atoms with Crippen LogP contribution in [-0.4, -0.2) is 75.7 Å². The number of ether oxygens (including phenoxy) is 1. The third kappa shape index (κ3) is 7.84. The van der Waals surface area contributed by atoms with Crippen LogP contribution in [0.2, 0.25) is 5.02 Å². The Morgan fingerprint density at radius 3 is 2.41 bits per heavy atom. The fourth-order valence-electron chi connectivity index (χ4n) is 6.17. The number of anilines is 1. The highest BCUT2D eigenvalue weighted by atomic mass is 35.5. The number of carboxylic acids is 2. The molecule has 7 rings (SSSR count). The molecule has 1 saturated heterocycles. The lowest BCUT2D eigenvalue weighted by atomic mass is 9.90. The minimum absolute atomic E-state index is 0.00740. The Bertz CT molecular complexity index is 2070. The quantitative estimate of drug-likeness (QED) is 0.178. The van der Waals surface area contributed by atoms with Gasteiger partial charge in [0.05, 0.1) is 29.3 Å². The van der Waals surface area contributed by atoms with Gasteiger partial charge < -0.3 is 24.4 Å². The van der Waals surface area contributed by atoms with E-state index in [0.29, 0.717) is 26.2 Å². The summed E-state index contributed by atoms with van der Waals surface area (Å²) in [5.41, 5.74) is 2.02. The molecule has 1 aliphatic carbocycles. The highest BCUT2D eigenvalue weighted by molar-refractivity contribution is 6.30. The summed E-state index contributed by atoms with van der Waals surface area (Å²) in [4.78, 5) is 39.7. The lowest BCUT2D eigenvalue weighted by molar-refractivity contribution is -0.192. The lowest BCUT2D eigenvalue weighted by Crippen LogP contribution is -2.36. The number of imidazole rings is 1. The summed E-state index contributed by atoms with van der Waals surface area (Å²) < 4.78 is 70.2. The van der Waals surface area contributed by atoms with Gasteiger partial charge >= 0.3 is 24.1 Å². The van der Waals surface area contributed by atoms with E-state index in [9.17, 15) is 31.9 Å². The average molecular weight is 735 g/mol. The molecule has 3 aromatic heterocycles. The third-order valence-corrected chi connectivity index (χ3v) is 9.16. The Morgan fingerprint density at radius 2 is 1.76 bits per heavy atom. The number of aliphatic carboxylic acids is 1. The van der Waals surface area contributed by atoms with Gasteiger partial charge in [-0.05, 0) is 55.0 Å². The van der Waals surface area contributed by atoms with Crippen molar-refractivity contribution in [3.8, 4) is 6.01 Å². The molecule has 268 valence electrons. The molecule has 1 saturated carbocycles. The van der Waals surface area contributed by atoms with Crippen molar-refractivity contribution in [3.05, 3.63) is 88.9 Å². The van der Waals surface area contributed by atoms with Gasteiger partial charge in [0, 0.05) is 36.1 Å². The number of carboxylic acid groups (broad SMARTS) is 2. The van der Waals surface area contributed by atoms with Gasteiger partial charge in [0.25, 0.3) is 0 Å². The Balaban J connectivity index is 0.000000582. The minimum atomic E-state index is -5.08. The predicted molar refractivity (Wildman–Crippen MR) is 169 cm³/mol. The van der Waals surface area contributed by atoms with Crippen LogP contribution in [0.1, 0.15) is 46.9 Å². The maximum Gasteiger partial charge on any atom is 0.490 e. The second-order valence-corrected chi connectivity index (χ2v) is 12.5. The van der Waals surface area contributed by atoms with Crippen LogP contribution < -0.4 is 9.64 Å². The van der Waals surface area contributed by atoms with Crippen molar-refractivity contribution in [2.45, 2.75) is 51.1 Å². The first-order valence-electron chi connectivity index (χ1n) is 15.4. The molecule has 51 heavy (non-hydrogen) atoms. The van der Waals surface area contributed by atoms with Gasteiger partial charge in [-0.3, -0.25) is 4.68 Å². The largest absolute Gasteiger partial charge is 0.490 e. The van der Waals surface area contributed by atoms with Crippen LogP contribution in [0.15, 0.2) is 55.2 Å². The monoisotopic (exact) mass is 734 g/mol. The Hall–Kier alpha value is -5.39. The Morgan fingerprint density at radius 1 is 1.02 bits per heavy atom. The molecular formula is C32H28ClF5N8O5. The highest BCUT2D eigenvalue weighted by Crippen LogP contribution is 2.65. The number of hydrogen-bond donors (Lipinski definition) is 2. The van der Waals surface area contributed by atoms with Gasteiger partial charge in [-0.15, -0.1) is 0 Å². The van der Waals surface area contributed by atoms with Crippen molar-refractivity contribution < 1.29 is 46.5 Å². The molecule has 19 heteroatoms. The van der Waals surface area contributed by atoms with Crippen molar-refractivity contribution in [2.24, 2.45) is 5.41 Å². The molecule has 0 bridgehead atoms. The normalized spacial score (nSPS) is 16.5. The Kier molecular flexibility index (Phi) is 9.79. The molecule has 2 N–H and O–H groups in total. The summed E-state index contributed by atoms with van der Waals surface area (Å²) in [5.74, 6) is -3.54. The van der Waals surface area contributed by atoms with E-state index >= 15 is 0 Å².